The Morgan fingerprint density at radius 1 is 1.44 bits per heavy atom. The fourth-order valence-electron chi connectivity index (χ4n) is 3.66. The van der Waals surface area contributed by atoms with Gasteiger partial charge in [-0.1, -0.05) is 11.6 Å². The summed E-state index contributed by atoms with van der Waals surface area (Å²) < 4.78 is 16.4. The fourth-order valence-corrected chi connectivity index (χ4v) is 3.83. The second kappa shape index (κ2) is 6.49. The average molecular weight is 388 g/mol. The zero-order valence-electron chi connectivity index (χ0n) is 14.7. The molecule has 0 bridgehead atoms. The Morgan fingerprint density at radius 2 is 2.26 bits per heavy atom. The first-order chi connectivity index (χ1) is 12.8. The van der Waals surface area contributed by atoms with Crippen molar-refractivity contribution in [3.63, 3.8) is 0 Å². The van der Waals surface area contributed by atoms with Crippen molar-refractivity contribution in [3.05, 3.63) is 47.5 Å². The molecule has 1 amide bonds. The number of nitrogens with one attached hydrogen (secondary N) is 1. The normalized spacial score (nSPS) is 22.3. The molecule has 1 aliphatic rings. The Morgan fingerprint density at radius 3 is 2.93 bits per heavy atom. The lowest BCUT2D eigenvalue weighted by molar-refractivity contribution is 0.1000. The summed E-state index contributed by atoms with van der Waals surface area (Å²) in [6.45, 7) is 1.59. The largest absolute Gasteiger partial charge is 0.377 e. The van der Waals surface area contributed by atoms with Gasteiger partial charge in [-0.05, 0) is 49.9 Å². The first kappa shape index (κ1) is 17.7. The number of nitrogens with zero attached hydrogens (tertiary/aromatic N) is 3. The van der Waals surface area contributed by atoms with Crippen LogP contribution in [-0.2, 0) is 0 Å². The quantitative estimate of drug-likeness (QED) is 0.666. The number of nitrogens with two attached hydrogens (primary N) is 1. The van der Waals surface area contributed by atoms with Gasteiger partial charge in [0, 0.05) is 18.0 Å². The van der Waals surface area contributed by atoms with Gasteiger partial charge in [-0.15, -0.1) is 0 Å². The van der Waals surface area contributed by atoms with Crippen molar-refractivity contribution < 1.29 is 9.18 Å². The third-order valence-corrected chi connectivity index (χ3v) is 5.37. The highest BCUT2D eigenvalue weighted by Gasteiger charge is 2.39. The lowest BCUT2D eigenvalue weighted by Crippen LogP contribution is -2.36. The van der Waals surface area contributed by atoms with E-state index in [9.17, 15) is 9.18 Å². The van der Waals surface area contributed by atoms with E-state index in [2.05, 4.69) is 15.4 Å². The van der Waals surface area contributed by atoms with Crippen LogP contribution in [0.25, 0.3) is 16.6 Å². The second-order valence-corrected chi connectivity index (χ2v) is 7.48. The van der Waals surface area contributed by atoms with Gasteiger partial charge in [0.25, 0.3) is 5.91 Å². The Balaban J connectivity index is 1.84. The molecule has 3 aromatic rings. The first-order valence-electron chi connectivity index (χ1n) is 8.74. The summed E-state index contributed by atoms with van der Waals surface area (Å²) in [6, 6.07) is 5.06. The highest BCUT2D eigenvalue weighted by atomic mass is 35.5. The number of fused-ring (bicyclic) bond motifs is 1. The van der Waals surface area contributed by atoms with Crippen LogP contribution in [0.5, 0.6) is 0 Å². The zero-order valence-corrected chi connectivity index (χ0v) is 15.5. The smallest absolute Gasteiger partial charge is 0.252 e. The Kier molecular flexibility index (Phi) is 4.26. The fraction of sp³-hybridized carbons (Fsp3) is 0.316. The van der Waals surface area contributed by atoms with Gasteiger partial charge in [0.15, 0.2) is 0 Å². The summed E-state index contributed by atoms with van der Waals surface area (Å²) >= 11 is 5.99. The predicted molar refractivity (Wildman–Crippen MR) is 103 cm³/mol. The summed E-state index contributed by atoms with van der Waals surface area (Å²) in [6.07, 6.45) is 6.81. The molecule has 2 atom stereocenters. The number of pyridine rings is 1. The summed E-state index contributed by atoms with van der Waals surface area (Å²) in [5, 5.41) is 7.88. The van der Waals surface area contributed by atoms with E-state index in [0.717, 1.165) is 17.5 Å². The number of carbonyl (C=O) groups is 1. The van der Waals surface area contributed by atoms with Gasteiger partial charge < -0.3 is 11.1 Å². The number of amides is 1. The number of hydrogen-bond donors (Lipinski definition) is 2. The third kappa shape index (κ3) is 3.23. The number of rotatable bonds is 4. The molecule has 0 saturated heterocycles. The van der Waals surface area contributed by atoms with Crippen LogP contribution in [0, 0.1) is 0 Å². The maximum Gasteiger partial charge on any atom is 0.252 e. The molecule has 27 heavy (non-hydrogen) atoms. The van der Waals surface area contributed by atoms with E-state index < -0.39 is 17.6 Å². The van der Waals surface area contributed by atoms with Crippen LogP contribution in [0.3, 0.4) is 0 Å². The molecule has 1 aliphatic carbocycles. The molecule has 1 fully saturated rings. The van der Waals surface area contributed by atoms with Crippen LogP contribution in [-0.4, -0.2) is 32.2 Å². The molecule has 0 aliphatic heterocycles. The minimum Gasteiger partial charge on any atom is -0.377 e. The number of carbonyl (C=O) groups excluding carboxylic acids is 1. The van der Waals surface area contributed by atoms with E-state index in [4.69, 9.17) is 17.3 Å². The van der Waals surface area contributed by atoms with Crippen molar-refractivity contribution >= 4 is 28.7 Å². The molecular formula is C19H19ClFN5O. The highest BCUT2D eigenvalue weighted by molar-refractivity contribution is 6.29. The van der Waals surface area contributed by atoms with Crippen LogP contribution in [0.4, 0.5) is 10.1 Å². The third-order valence-electron chi connectivity index (χ3n) is 5.17. The topological polar surface area (TPSA) is 85.3 Å². The molecule has 140 valence electrons. The van der Waals surface area contributed by atoms with Gasteiger partial charge in [0.05, 0.1) is 29.0 Å². The molecular weight excluding hydrogens is 369 g/mol. The molecule has 0 radical (unpaired) electrons. The number of hydrogen-bond acceptors (Lipinski definition) is 4. The second-order valence-electron chi connectivity index (χ2n) is 7.09. The number of halogens is 2. The maximum absolute atomic E-state index is 14.8. The standard InChI is InChI=1S/C19H19ClFN5O/c1-19(21)5-2-3-15(19)25-17-13(18(22)27)9-24-26-10-12(7-14(17)26)11-4-6-23-16(20)8-11/h4,6-10,15,25H,2-3,5H2,1H3,(H2,22,27)/t15-,19+/m1/s1. The van der Waals surface area contributed by atoms with Gasteiger partial charge in [-0.3, -0.25) is 4.79 Å². The minimum absolute atomic E-state index is 0.239. The molecule has 1 saturated carbocycles. The number of aromatic nitrogens is 3. The summed E-state index contributed by atoms with van der Waals surface area (Å²) in [5.74, 6) is -0.610. The van der Waals surface area contributed by atoms with E-state index in [-0.39, 0.29) is 5.56 Å². The van der Waals surface area contributed by atoms with Crippen molar-refractivity contribution in [2.45, 2.75) is 37.9 Å². The maximum atomic E-state index is 14.8. The molecule has 3 heterocycles. The van der Waals surface area contributed by atoms with Crippen LogP contribution in [0.2, 0.25) is 5.15 Å². The number of anilines is 1. The number of primary amides is 1. The monoisotopic (exact) mass is 387 g/mol. The van der Waals surface area contributed by atoms with Gasteiger partial charge in [-0.2, -0.15) is 5.10 Å². The minimum atomic E-state index is -1.34. The van der Waals surface area contributed by atoms with E-state index in [1.54, 1.807) is 23.7 Å². The zero-order chi connectivity index (χ0) is 19.2. The van der Waals surface area contributed by atoms with Gasteiger partial charge in [0.2, 0.25) is 0 Å². The molecule has 0 spiro atoms. The van der Waals surface area contributed by atoms with Gasteiger partial charge >= 0.3 is 0 Å². The summed E-state index contributed by atoms with van der Waals surface area (Å²) in [5.41, 5.74) is 7.30. The lowest BCUT2D eigenvalue weighted by atomic mass is 10.0. The summed E-state index contributed by atoms with van der Waals surface area (Å²) in [7, 11) is 0. The van der Waals surface area contributed by atoms with Crippen LogP contribution < -0.4 is 11.1 Å². The van der Waals surface area contributed by atoms with Crippen LogP contribution in [0.15, 0.2) is 36.8 Å². The van der Waals surface area contributed by atoms with E-state index in [1.807, 2.05) is 18.3 Å². The molecule has 6 nitrogen and oxygen atoms in total. The Bertz CT molecular complexity index is 1030. The van der Waals surface area contributed by atoms with Gasteiger partial charge in [-0.25, -0.2) is 13.9 Å². The Hall–Kier alpha value is -2.67. The van der Waals surface area contributed by atoms with Crippen LogP contribution >= 0.6 is 11.6 Å². The number of alkyl halides is 1. The molecule has 3 N–H and O–H groups in total. The lowest BCUT2D eigenvalue weighted by Gasteiger charge is -2.26. The van der Waals surface area contributed by atoms with E-state index in [1.165, 1.54) is 6.20 Å². The SMILES string of the molecule is C[C@]1(F)CCC[C@H]1Nc1c(C(N)=O)cnn2cc(-c3ccnc(Cl)c3)cc12. The highest BCUT2D eigenvalue weighted by Crippen LogP contribution is 2.37. The predicted octanol–water partition coefficient (Wildman–Crippen LogP) is 3.84. The summed E-state index contributed by atoms with van der Waals surface area (Å²) in [4.78, 5) is 15.9. The van der Waals surface area contributed by atoms with Crippen molar-refractivity contribution in [3.8, 4) is 11.1 Å². The molecule has 0 aromatic carbocycles. The van der Waals surface area contributed by atoms with Gasteiger partial charge in [0.1, 0.15) is 10.8 Å². The molecule has 8 heteroatoms. The Labute approximate surface area is 160 Å². The molecule has 3 aromatic heterocycles. The van der Waals surface area contributed by atoms with E-state index in [0.29, 0.717) is 29.2 Å². The van der Waals surface area contributed by atoms with Crippen molar-refractivity contribution in [2.24, 2.45) is 5.73 Å². The van der Waals surface area contributed by atoms with E-state index >= 15 is 0 Å². The first-order valence-corrected chi connectivity index (χ1v) is 9.11. The van der Waals surface area contributed by atoms with Crippen molar-refractivity contribution in [1.29, 1.82) is 0 Å². The average Bonchev–Trinajstić information content (AvgIpc) is 3.18. The molecule has 0 unspecified atom stereocenters. The van der Waals surface area contributed by atoms with Crippen LogP contribution in [0.1, 0.15) is 36.5 Å². The molecule has 4 rings (SSSR count). The van der Waals surface area contributed by atoms with Crippen molar-refractivity contribution in [1.82, 2.24) is 14.6 Å². The van der Waals surface area contributed by atoms with Crippen molar-refractivity contribution in [2.75, 3.05) is 5.32 Å².